The number of nitrogens with zero attached hydrogens (tertiary/aromatic N) is 6. The van der Waals surface area contributed by atoms with Gasteiger partial charge in [-0.05, 0) is 39.9 Å². The van der Waals surface area contributed by atoms with Gasteiger partial charge in [0, 0.05) is 22.9 Å². The lowest BCUT2D eigenvalue weighted by Crippen LogP contribution is -2.23. The standard InChI is InChI=1S/C20H20N6OS3/c1-3-15-7-4-5-9-18(15)26(14(2)27)19-21-16(12-29-19)13-30-20-22-23-24-25(20)11-17-8-6-10-28-17/h4-10,12H,3,11,13H2,1-2H3. The lowest BCUT2D eigenvalue weighted by Gasteiger charge is -2.20. The first kappa shape index (κ1) is 20.7. The SMILES string of the molecule is CCc1ccccc1N(C(C)=O)c1nc(CSc2nnnn2Cc2cccs2)cs1. The summed E-state index contributed by atoms with van der Waals surface area (Å²) in [5.74, 6) is 0.576. The number of hydrogen-bond donors (Lipinski definition) is 0. The topological polar surface area (TPSA) is 76.8 Å². The predicted molar refractivity (Wildman–Crippen MR) is 122 cm³/mol. The molecule has 1 aromatic carbocycles. The number of para-hydroxylation sites is 1. The quantitative estimate of drug-likeness (QED) is 0.355. The van der Waals surface area contributed by atoms with Gasteiger partial charge >= 0.3 is 0 Å². The molecule has 0 unspecified atom stereocenters. The van der Waals surface area contributed by atoms with Gasteiger partial charge < -0.3 is 0 Å². The second-order valence-electron chi connectivity index (χ2n) is 6.45. The van der Waals surface area contributed by atoms with Crippen LogP contribution in [0.1, 0.15) is 30.0 Å². The van der Waals surface area contributed by atoms with E-state index in [0.717, 1.165) is 28.5 Å². The minimum absolute atomic E-state index is 0.0515. The van der Waals surface area contributed by atoms with Crippen LogP contribution in [0.3, 0.4) is 0 Å². The van der Waals surface area contributed by atoms with Gasteiger partial charge in [-0.15, -0.1) is 27.8 Å². The summed E-state index contributed by atoms with van der Waals surface area (Å²) in [5, 5.41) is 17.5. The van der Waals surface area contributed by atoms with Crippen molar-refractivity contribution in [3.05, 3.63) is 63.3 Å². The number of thiophene rings is 1. The molecule has 0 aliphatic heterocycles. The van der Waals surface area contributed by atoms with Crippen LogP contribution < -0.4 is 4.90 Å². The Kier molecular flexibility index (Phi) is 6.56. The maximum absolute atomic E-state index is 12.4. The molecule has 0 aliphatic rings. The van der Waals surface area contributed by atoms with Crippen LogP contribution in [0, 0.1) is 0 Å². The monoisotopic (exact) mass is 456 g/mol. The van der Waals surface area contributed by atoms with Crippen molar-refractivity contribution in [3.8, 4) is 0 Å². The number of carbonyl (C=O) groups is 1. The Morgan fingerprint density at radius 1 is 1.20 bits per heavy atom. The van der Waals surface area contributed by atoms with Crippen LogP contribution in [0.5, 0.6) is 0 Å². The number of thioether (sulfide) groups is 1. The fourth-order valence-corrected chi connectivity index (χ4v) is 5.43. The molecule has 154 valence electrons. The summed E-state index contributed by atoms with van der Waals surface area (Å²) < 4.78 is 1.79. The van der Waals surface area contributed by atoms with E-state index in [1.54, 1.807) is 27.8 Å². The molecule has 10 heteroatoms. The van der Waals surface area contributed by atoms with E-state index in [-0.39, 0.29) is 5.91 Å². The highest BCUT2D eigenvalue weighted by atomic mass is 32.2. The van der Waals surface area contributed by atoms with Crippen LogP contribution in [-0.4, -0.2) is 31.1 Å². The summed E-state index contributed by atoms with van der Waals surface area (Å²) in [6.07, 6.45) is 0.848. The summed E-state index contributed by atoms with van der Waals surface area (Å²) in [4.78, 5) is 20.0. The van der Waals surface area contributed by atoms with Crippen LogP contribution in [0.25, 0.3) is 0 Å². The molecule has 0 atom stereocenters. The number of hydrogen-bond acceptors (Lipinski definition) is 8. The molecule has 0 saturated carbocycles. The van der Waals surface area contributed by atoms with Crippen molar-refractivity contribution in [2.75, 3.05) is 4.90 Å². The van der Waals surface area contributed by atoms with Crippen molar-refractivity contribution in [2.24, 2.45) is 0 Å². The Morgan fingerprint density at radius 3 is 2.83 bits per heavy atom. The number of anilines is 2. The first-order valence-electron chi connectivity index (χ1n) is 9.40. The largest absolute Gasteiger partial charge is 0.274 e. The molecule has 7 nitrogen and oxygen atoms in total. The molecular formula is C20H20N6OS3. The predicted octanol–water partition coefficient (Wildman–Crippen LogP) is 4.78. The van der Waals surface area contributed by atoms with Crippen LogP contribution in [0.15, 0.2) is 52.3 Å². The molecule has 0 bridgehead atoms. The zero-order valence-electron chi connectivity index (χ0n) is 16.6. The van der Waals surface area contributed by atoms with Gasteiger partial charge in [0.15, 0.2) is 5.13 Å². The minimum atomic E-state index is -0.0515. The number of carbonyl (C=O) groups excluding carboxylic acids is 1. The summed E-state index contributed by atoms with van der Waals surface area (Å²) in [6.45, 7) is 4.31. The van der Waals surface area contributed by atoms with E-state index in [0.29, 0.717) is 17.4 Å². The molecule has 4 aromatic rings. The molecule has 0 saturated heterocycles. The van der Waals surface area contributed by atoms with Gasteiger partial charge in [0.1, 0.15) is 0 Å². The average Bonchev–Trinajstić information content (AvgIpc) is 3.50. The van der Waals surface area contributed by atoms with Gasteiger partial charge in [0.05, 0.1) is 17.9 Å². The molecule has 30 heavy (non-hydrogen) atoms. The summed E-state index contributed by atoms with van der Waals surface area (Å²) in [6, 6.07) is 12.0. The third-order valence-corrected chi connectivity index (χ3v) is 7.12. The molecule has 0 spiro atoms. The number of rotatable bonds is 8. The molecule has 4 rings (SSSR count). The van der Waals surface area contributed by atoms with Crippen molar-refractivity contribution in [2.45, 2.75) is 37.7 Å². The van der Waals surface area contributed by atoms with Crippen molar-refractivity contribution in [3.63, 3.8) is 0 Å². The number of thiazole rings is 1. The van der Waals surface area contributed by atoms with E-state index in [1.807, 2.05) is 41.1 Å². The number of amides is 1. The first-order valence-corrected chi connectivity index (χ1v) is 12.1. The second kappa shape index (κ2) is 9.50. The Bertz CT molecular complexity index is 1120. The summed E-state index contributed by atoms with van der Waals surface area (Å²) in [7, 11) is 0. The molecule has 3 aromatic heterocycles. The summed E-state index contributed by atoms with van der Waals surface area (Å²) >= 11 is 4.69. The fourth-order valence-electron chi connectivity index (χ4n) is 2.99. The molecule has 0 radical (unpaired) electrons. The van der Waals surface area contributed by atoms with Crippen LogP contribution >= 0.6 is 34.4 Å². The Hall–Kier alpha value is -2.56. The Labute approximate surface area is 186 Å². The third kappa shape index (κ3) is 4.61. The van der Waals surface area contributed by atoms with E-state index < -0.39 is 0 Å². The zero-order valence-corrected chi connectivity index (χ0v) is 19.0. The van der Waals surface area contributed by atoms with Crippen molar-refractivity contribution in [1.82, 2.24) is 25.2 Å². The van der Waals surface area contributed by atoms with E-state index in [1.165, 1.54) is 28.0 Å². The molecule has 1 amide bonds. The highest BCUT2D eigenvalue weighted by Crippen LogP contribution is 2.33. The first-order chi connectivity index (χ1) is 14.7. The highest BCUT2D eigenvalue weighted by molar-refractivity contribution is 7.98. The van der Waals surface area contributed by atoms with Crippen LogP contribution in [0.4, 0.5) is 10.8 Å². The Balaban J connectivity index is 1.49. The van der Waals surface area contributed by atoms with Crippen LogP contribution in [-0.2, 0) is 23.5 Å². The summed E-state index contributed by atoms with van der Waals surface area (Å²) in [5.41, 5.74) is 2.90. The second-order valence-corrected chi connectivity index (χ2v) is 9.26. The van der Waals surface area contributed by atoms with E-state index in [9.17, 15) is 4.79 Å². The van der Waals surface area contributed by atoms with Gasteiger partial charge in [-0.3, -0.25) is 9.69 Å². The van der Waals surface area contributed by atoms with Gasteiger partial charge in [-0.1, -0.05) is 43.0 Å². The van der Waals surface area contributed by atoms with Gasteiger partial charge in [0.25, 0.3) is 0 Å². The third-order valence-electron chi connectivity index (χ3n) is 4.39. The molecule has 0 aliphatic carbocycles. The number of benzene rings is 1. The number of aromatic nitrogens is 5. The average molecular weight is 457 g/mol. The molecule has 0 N–H and O–H groups in total. The van der Waals surface area contributed by atoms with Crippen molar-refractivity contribution >= 4 is 51.2 Å². The van der Waals surface area contributed by atoms with E-state index >= 15 is 0 Å². The number of tetrazole rings is 1. The fraction of sp³-hybridized carbons (Fsp3) is 0.250. The van der Waals surface area contributed by atoms with E-state index in [4.69, 9.17) is 4.98 Å². The molecule has 0 fully saturated rings. The highest BCUT2D eigenvalue weighted by Gasteiger charge is 2.20. The van der Waals surface area contributed by atoms with E-state index in [2.05, 4.69) is 28.5 Å². The molecular weight excluding hydrogens is 436 g/mol. The minimum Gasteiger partial charge on any atom is -0.274 e. The van der Waals surface area contributed by atoms with Gasteiger partial charge in [-0.25, -0.2) is 9.67 Å². The van der Waals surface area contributed by atoms with Gasteiger partial charge in [-0.2, -0.15) is 0 Å². The molecule has 3 heterocycles. The lowest BCUT2D eigenvalue weighted by atomic mass is 10.1. The van der Waals surface area contributed by atoms with Crippen molar-refractivity contribution < 1.29 is 4.79 Å². The zero-order chi connectivity index (χ0) is 20.9. The smallest absolute Gasteiger partial charge is 0.230 e. The lowest BCUT2D eigenvalue weighted by molar-refractivity contribution is -0.115. The maximum atomic E-state index is 12.4. The normalized spacial score (nSPS) is 11.0. The van der Waals surface area contributed by atoms with Crippen molar-refractivity contribution in [1.29, 1.82) is 0 Å². The Morgan fingerprint density at radius 2 is 2.07 bits per heavy atom. The number of aryl methyl sites for hydroxylation is 1. The van der Waals surface area contributed by atoms with Crippen LogP contribution in [0.2, 0.25) is 0 Å². The van der Waals surface area contributed by atoms with Gasteiger partial charge in [0.2, 0.25) is 11.1 Å². The maximum Gasteiger partial charge on any atom is 0.230 e.